The second-order valence-corrected chi connectivity index (χ2v) is 6.98. The van der Waals surface area contributed by atoms with E-state index in [0.29, 0.717) is 17.2 Å². The molecule has 0 aliphatic heterocycles. The molecule has 0 unspecified atom stereocenters. The van der Waals surface area contributed by atoms with Crippen LogP contribution in [0.25, 0.3) is 11.5 Å². The molecule has 7 heteroatoms. The van der Waals surface area contributed by atoms with Gasteiger partial charge in [0, 0.05) is 12.1 Å². The molecule has 0 amide bonds. The predicted octanol–water partition coefficient (Wildman–Crippen LogP) is 3.66. The topological polar surface area (TPSA) is 85.3 Å². The van der Waals surface area contributed by atoms with Crippen molar-refractivity contribution in [3.05, 3.63) is 53.4 Å². The molecule has 6 nitrogen and oxygen atoms in total. The summed E-state index contributed by atoms with van der Waals surface area (Å²) < 4.78 is 38.4. The number of hydrogen-bond donors (Lipinski definition) is 1. The zero-order valence-electron chi connectivity index (χ0n) is 13.0. The van der Waals surface area contributed by atoms with Gasteiger partial charge in [0.1, 0.15) is 10.7 Å². The van der Waals surface area contributed by atoms with Crippen LogP contribution < -0.4 is 4.72 Å². The molecule has 3 aromatic rings. The summed E-state index contributed by atoms with van der Waals surface area (Å²) in [5.41, 5.74) is 2.36. The summed E-state index contributed by atoms with van der Waals surface area (Å²) in [6.45, 7) is 5.35. The molecule has 0 saturated carbocycles. The molecule has 0 bridgehead atoms. The molecule has 1 N–H and O–H groups in total. The Hall–Kier alpha value is -2.54. The SMILES string of the molecule is Cc1ccc(C)c(NS(=O)(=O)c2cc(-c3ccno3)oc2C)c1. The second-order valence-electron chi connectivity index (χ2n) is 5.33. The van der Waals surface area contributed by atoms with Gasteiger partial charge in [-0.1, -0.05) is 17.3 Å². The Kier molecular flexibility index (Phi) is 3.73. The summed E-state index contributed by atoms with van der Waals surface area (Å²) in [5.74, 6) is 0.983. The van der Waals surface area contributed by atoms with E-state index in [9.17, 15) is 8.42 Å². The van der Waals surface area contributed by atoms with Gasteiger partial charge < -0.3 is 8.94 Å². The van der Waals surface area contributed by atoms with Crippen molar-refractivity contribution in [2.75, 3.05) is 4.72 Å². The summed E-state index contributed by atoms with van der Waals surface area (Å²) in [6.07, 6.45) is 1.47. The van der Waals surface area contributed by atoms with Gasteiger partial charge in [0.05, 0.1) is 11.9 Å². The third-order valence-corrected chi connectivity index (χ3v) is 4.95. The van der Waals surface area contributed by atoms with Crippen molar-refractivity contribution in [1.82, 2.24) is 5.16 Å². The van der Waals surface area contributed by atoms with Gasteiger partial charge in [0.15, 0.2) is 5.76 Å². The van der Waals surface area contributed by atoms with E-state index in [-0.39, 0.29) is 10.7 Å². The Bertz CT molecular complexity index is 941. The van der Waals surface area contributed by atoms with Crippen LogP contribution in [-0.4, -0.2) is 13.6 Å². The van der Waals surface area contributed by atoms with E-state index in [1.165, 1.54) is 12.3 Å². The van der Waals surface area contributed by atoms with Gasteiger partial charge in [-0.3, -0.25) is 4.72 Å². The Morgan fingerprint density at radius 2 is 1.83 bits per heavy atom. The fourth-order valence-electron chi connectivity index (χ4n) is 2.24. The van der Waals surface area contributed by atoms with Gasteiger partial charge in [-0.05, 0) is 38.0 Å². The van der Waals surface area contributed by atoms with Crippen molar-refractivity contribution in [1.29, 1.82) is 0 Å². The summed E-state index contributed by atoms with van der Waals surface area (Å²) in [7, 11) is -3.76. The number of benzene rings is 1. The van der Waals surface area contributed by atoms with Crippen LogP contribution in [-0.2, 0) is 10.0 Å². The maximum absolute atomic E-state index is 12.7. The van der Waals surface area contributed by atoms with E-state index >= 15 is 0 Å². The van der Waals surface area contributed by atoms with Crippen LogP contribution in [0, 0.1) is 20.8 Å². The lowest BCUT2D eigenvalue weighted by atomic mass is 10.1. The minimum absolute atomic E-state index is 0.0739. The average Bonchev–Trinajstić information content (AvgIpc) is 3.11. The van der Waals surface area contributed by atoms with Crippen molar-refractivity contribution < 1.29 is 17.4 Å². The highest BCUT2D eigenvalue weighted by molar-refractivity contribution is 7.92. The van der Waals surface area contributed by atoms with Crippen LogP contribution in [0.2, 0.25) is 0 Å². The van der Waals surface area contributed by atoms with Gasteiger partial charge in [0.2, 0.25) is 5.76 Å². The van der Waals surface area contributed by atoms with Crippen LogP contribution in [0.5, 0.6) is 0 Å². The molecule has 0 radical (unpaired) electrons. The first-order valence-corrected chi connectivity index (χ1v) is 8.47. The molecular formula is C16H16N2O4S. The molecule has 120 valence electrons. The van der Waals surface area contributed by atoms with E-state index in [0.717, 1.165) is 11.1 Å². The normalized spacial score (nSPS) is 11.6. The van der Waals surface area contributed by atoms with Gasteiger partial charge in [-0.15, -0.1) is 0 Å². The Morgan fingerprint density at radius 3 is 2.52 bits per heavy atom. The Balaban J connectivity index is 1.98. The van der Waals surface area contributed by atoms with Crippen molar-refractivity contribution in [2.24, 2.45) is 0 Å². The molecule has 2 heterocycles. The lowest BCUT2D eigenvalue weighted by Crippen LogP contribution is -2.14. The number of aryl methyl sites for hydroxylation is 3. The highest BCUT2D eigenvalue weighted by Crippen LogP contribution is 2.29. The smallest absolute Gasteiger partial charge is 0.265 e. The maximum atomic E-state index is 12.7. The van der Waals surface area contributed by atoms with Crippen LogP contribution in [0.1, 0.15) is 16.9 Å². The zero-order valence-corrected chi connectivity index (χ0v) is 13.8. The molecule has 3 rings (SSSR count). The van der Waals surface area contributed by atoms with Crippen LogP contribution in [0.4, 0.5) is 5.69 Å². The number of nitrogens with one attached hydrogen (secondary N) is 1. The first kappa shape index (κ1) is 15.4. The van der Waals surface area contributed by atoms with Gasteiger partial charge in [-0.25, -0.2) is 8.42 Å². The quantitative estimate of drug-likeness (QED) is 0.788. The number of rotatable bonds is 4. The van der Waals surface area contributed by atoms with Gasteiger partial charge in [0.25, 0.3) is 10.0 Å². The van der Waals surface area contributed by atoms with Crippen LogP contribution in [0.15, 0.2) is 50.4 Å². The molecule has 0 atom stereocenters. The van der Waals surface area contributed by atoms with Gasteiger partial charge in [-0.2, -0.15) is 0 Å². The summed E-state index contributed by atoms with van der Waals surface area (Å²) in [6, 6.07) is 8.63. The molecule has 0 saturated heterocycles. The van der Waals surface area contributed by atoms with Crippen molar-refractivity contribution in [3.63, 3.8) is 0 Å². The van der Waals surface area contributed by atoms with Crippen LogP contribution in [0.3, 0.4) is 0 Å². The third kappa shape index (κ3) is 3.00. The second kappa shape index (κ2) is 5.58. The molecule has 0 aliphatic rings. The number of anilines is 1. The zero-order chi connectivity index (χ0) is 16.6. The fourth-order valence-corrected chi connectivity index (χ4v) is 3.54. The molecule has 0 spiro atoms. The average molecular weight is 332 g/mol. The number of nitrogens with zero attached hydrogens (tertiary/aromatic N) is 1. The van der Waals surface area contributed by atoms with Crippen molar-refractivity contribution in [2.45, 2.75) is 25.7 Å². The monoisotopic (exact) mass is 332 g/mol. The van der Waals surface area contributed by atoms with Crippen molar-refractivity contribution >= 4 is 15.7 Å². The Morgan fingerprint density at radius 1 is 1.04 bits per heavy atom. The number of aromatic nitrogens is 1. The third-order valence-electron chi connectivity index (χ3n) is 3.48. The summed E-state index contributed by atoms with van der Waals surface area (Å²) in [4.78, 5) is 0.0739. The molecule has 2 aromatic heterocycles. The largest absolute Gasteiger partial charge is 0.456 e. The predicted molar refractivity (Wildman–Crippen MR) is 85.7 cm³/mol. The van der Waals surface area contributed by atoms with Crippen LogP contribution >= 0.6 is 0 Å². The fraction of sp³-hybridized carbons (Fsp3) is 0.188. The lowest BCUT2D eigenvalue weighted by Gasteiger charge is -2.10. The van der Waals surface area contributed by atoms with E-state index < -0.39 is 10.0 Å². The number of sulfonamides is 1. The highest BCUT2D eigenvalue weighted by atomic mass is 32.2. The molecular weight excluding hydrogens is 316 g/mol. The minimum atomic E-state index is -3.76. The number of hydrogen-bond acceptors (Lipinski definition) is 5. The molecule has 23 heavy (non-hydrogen) atoms. The standard InChI is InChI=1S/C16H16N2O4S/c1-10-4-5-11(2)13(8-10)18-23(19,20)16-9-15(21-12(16)3)14-6-7-17-22-14/h4-9,18H,1-3H3. The molecule has 0 aliphatic carbocycles. The van der Waals surface area contributed by atoms with Gasteiger partial charge >= 0.3 is 0 Å². The minimum Gasteiger partial charge on any atom is -0.456 e. The number of furan rings is 1. The maximum Gasteiger partial charge on any atom is 0.265 e. The van der Waals surface area contributed by atoms with Crippen molar-refractivity contribution in [3.8, 4) is 11.5 Å². The van der Waals surface area contributed by atoms with E-state index in [1.807, 2.05) is 26.0 Å². The summed E-state index contributed by atoms with van der Waals surface area (Å²) >= 11 is 0. The Labute approximate surface area is 134 Å². The van der Waals surface area contributed by atoms with E-state index in [4.69, 9.17) is 8.94 Å². The van der Waals surface area contributed by atoms with E-state index in [1.54, 1.807) is 19.1 Å². The molecule has 0 fully saturated rings. The first-order chi connectivity index (χ1) is 10.9. The first-order valence-electron chi connectivity index (χ1n) is 6.98. The lowest BCUT2D eigenvalue weighted by molar-refractivity contribution is 0.414. The van der Waals surface area contributed by atoms with E-state index in [2.05, 4.69) is 9.88 Å². The summed E-state index contributed by atoms with van der Waals surface area (Å²) in [5, 5.41) is 3.59. The molecule has 1 aromatic carbocycles. The highest BCUT2D eigenvalue weighted by Gasteiger charge is 2.23.